The Bertz CT molecular complexity index is 1120. The Hall–Kier alpha value is -3.32. The van der Waals surface area contributed by atoms with Crippen LogP contribution in [-0.2, 0) is 0 Å². The van der Waals surface area contributed by atoms with Crippen molar-refractivity contribution in [2.45, 2.75) is 0 Å². The minimum Gasteiger partial charge on any atom is -0.423 e. The Labute approximate surface area is 163 Å². The first-order valence-corrected chi connectivity index (χ1v) is 8.88. The number of anilines is 2. The molecule has 0 aliphatic carbocycles. The van der Waals surface area contributed by atoms with Crippen molar-refractivity contribution in [2.24, 2.45) is 0 Å². The van der Waals surface area contributed by atoms with Crippen molar-refractivity contribution < 1.29 is 9.53 Å². The number of esters is 1. The molecule has 0 atom stereocenters. The van der Waals surface area contributed by atoms with Crippen molar-refractivity contribution in [2.75, 3.05) is 5.32 Å². The smallest absolute Gasteiger partial charge is 0.343 e. The van der Waals surface area contributed by atoms with Gasteiger partial charge < -0.3 is 10.1 Å². The number of halogens is 1. The predicted molar refractivity (Wildman–Crippen MR) is 106 cm³/mol. The third-order valence-corrected chi connectivity index (χ3v) is 4.31. The fourth-order valence-electron chi connectivity index (χ4n) is 2.56. The maximum absolute atomic E-state index is 12.2. The number of ether oxygens (including phenoxy) is 1. The van der Waals surface area contributed by atoms with E-state index in [-0.39, 0.29) is 0 Å². The summed E-state index contributed by atoms with van der Waals surface area (Å²) in [5.41, 5.74) is 2.01. The number of fused-ring (bicyclic) bond motifs is 1. The van der Waals surface area contributed by atoms with Crippen LogP contribution in [0.3, 0.4) is 0 Å². The maximum atomic E-state index is 12.2. The molecule has 4 aromatic rings. The number of pyridine rings is 1. The summed E-state index contributed by atoms with van der Waals surface area (Å²) in [4.78, 5) is 24.7. The Morgan fingerprint density at radius 1 is 1.00 bits per heavy atom. The Morgan fingerprint density at radius 2 is 1.85 bits per heavy atom. The van der Waals surface area contributed by atoms with E-state index in [4.69, 9.17) is 4.74 Å². The highest BCUT2D eigenvalue weighted by molar-refractivity contribution is 9.10. The van der Waals surface area contributed by atoms with Crippen molar-refractivity contribution in [1.82, 2.24) is 15.0 Å². The van der Waals surface area contributed by atoms with Crippen LogP contribution in [0.25, 0.3) is 10.9 Å². The zero-order chi connectivity index (χ0) is 18.6. The molecule has 0 saturated heterocycles. The van der Waals surface area contributed by atoms with E-state index < -0.39 is 5.97 Å². The lowest BCUT2D eigenvalue weighted by Crippen LogP contribution is -2.08. The van der Waals surface area contributed by atoms with E-state index in [2.05, 4.69) is 36.2 Å². The number of hydrogen-bond donors (Lipinski definition) is 1. The molecule has 4 rings (SSSR count). The molecule has 2 heterocycles. The van der Waals surface area contributed by atoms with E-state index in [1.54, 1.807) is 42.7 Å². The average Bonchev–Trinajstić information content (AvgIpc) is 2.69. The van der Waals surface area contributed by atoms with Crippen LogP contribution in [0.4, 0.5) is 11.5 Å². The van der Waals surface area contributed by atoms with Gasteiger partial charge in [-0.2, -0.15) is 0 Å². The van der Waals surface area contributed by atoms with Crippen molar-refractivity contribution >= 4 is 44.3 Å². The molecule has 0 radical (unpaired) electrons. The number of benzene rings is 2. The summed E-state index contributed by atoms with van der Waals surface area (Å²) in [6.07, 6.45) is 4.60. The molecule has 0 aliphatic heterocycles. The summed E-state index contributed by atoms with van der Waals surface area (Å²) >= 11 is 3.47. The van der Waals surface area contributed by atoms with Crippen LogP contribution in [0.5, 0.6) is 5.75 Å². The molecule has 2 aromatic carbocycles. The highest BCUT2D eigenvalue weighted by Gasteiger charge is 2.09. The van der Waals surface area contributed by atoms with Crippen molar-refractivity contribution in [1.29, 1.82) is 0 Å². The van der Waals surface area contributed by atoms with Crippen molar-refractivity contribution in [3.63, 3.8) is 0 Å². The van der Waals surface area contributed by atoms with Crippen LogP contribution in [0.1, 0.15) is 10.4 Å². The van der Waals surface area contributed by atoms with Gasteiger partial charge in [-0.05, 0) is 42.5 Å². The Balaban J connectivity index is 1.58. The summed E-state index contributed by atoms with van der Waals surface area (Å²) in [7, 11) is 0. The van der Waals surface area contributed by atoms with E-state index >= 15 is 0 Å². The van der Waals surface area contributed by atoms with E-state index in [9.17, 15) is 4.79 Å². The fraction of sp³-hybridized carbons (Fsp3) is 0. The number of aromatic nitrogens is 3. The number of carbonyl (C=O) groups excluding carboxylic acids is 1. The lowest BCUT2D eigenvalue weighted by molar-refractivity contribution is 0.0735. The first-order chi connectivity index (χ1) is 13.2. The van der Waals surface area contributed by atoms with Gasteiger partial charge in [0, 0.05) is 34.0 Å². The molecule has 0 amide bonds. The second-order valence-electron chi connectivity index (χ2n) is 5.66. The van der Waals surface area contributed by atoms with Gasteiger partial charge in [-0.3, -0.25) is 4.98 Å². The van der Waals surface area contributed by atoms with Crippen LogP contribution in [0.15, 0.2) is 77.8 Å². The number of hydrogen-bond acceptors (Lipinski definition) is 6. The number of nitrogens with zero attached hydrogens (tertiary/aromatic N) is 3. The van der Waals surface area contributed by atoms with Crippen LogP contribution < -0.4 is 10.1 Å². The minimum absolute atomic E-state index is 0.432. The van der Waals surface area contributed by atoms with Gasteiger partial charge >= 0.3 is 5.97 Å². The molecule has 132 valence electrons. The molecule has 0 bridgehead atoms. The molecule has 0 saturated carbocycles. The van der Waals surface area contributed by atoms with Gasteiger partial charge in [0.05, 0.1) is 11.1 Å². The van der Waals surface area contributed by atoms with Crippen molar-refractivity contribution in [3.05, 3.63) is 83.4 Å². The van der Waals surface area contributed by atoms with Gasteiger partial charge in [-0.25, -0.2) is 14.8 Å². The van der Waals surface area contributed by atoms with Gasteiger partial charge in [0.2, 0.25) is 0 Å². The van der Waals surface area contributed by atoms with E-state index in [1.165, 1.54) is 6.33 Å². The minimum atomic E-state index is -0.439. The lowest BCUT2D eigenvalue weighted by atomic mass is 10.2. The summed E-state index contributed by atoms with van der Waals surface area (Å²) < 4.78 is 6.38. The Morgan fingerprint density at radius 3 is 2.70 bits per heavy atom. The molecule has 7 heteroatoms. The normalized spacial score (nSPS) is 10.6. The summed E-state index contributed by atoms with van der Waals surface area (Å²) in [6.45, 7) is 0. The monoisotopic (exact) mass is 420 g/mol. The first-order valence-electron chi connectivity index (χ1n) is 8.08. The quantitative estimate of drug-likeness (QED) is 0.379. The zero-order valence-electron chi connectivity index (χ0n) is 14.0. The topological polar surface area (TPSA) is 77.0 Å². The largest absolute Gasteiger partial charge is 0.423 e. The van der Waals surface area contributed by atoms with Crippen LogP contribution in [0, 0.1) is 0 Å². The van der Waals surface area contributed by atoms with E-state index in [1.807, 2.05) is 24.3 Å². The number of nitrogens with one attached hydrogen (secondary N) is 1. The Kier molecular flexibility index (Phi) is 4.76. The maximum Gasteiger partial charge on any atom is 0.343 e. The molecule has 0 fully saturated rings. The van der Waals surface area contributed by atoms with Gasteiger partial charge in [-0.1, -0.05) is 22.0 Å². The molecular weight excluding hydrogens is 408 g/mol. The second-order valence-corrected chi connectivity index (χ2v) is 6.58. The highest BCUT2D eigenvalue weighted by Crippen LogP contribution is 2.27. The van der Waals surface area contributed by atoms with Gasteiger partial charge in [-0.15, -0.1) is 0 Å². The summed E-state index contributed by atoms with van der Waals surface area (Å²) in [6, 6.07) is 16.1. The summed E-state index contributed by atoms with van der Waals surface area (Å²) in [5.74, 6) is 0.659. The third-order valence-electron chi connectivity index (χ3n) is 3.82. The first kappa shape index (κ1) is 17.1. The molecule has 0 aliphatic rings. The van der Waals surface area contributed by atoms with Gasteiger partial charge in [0.25, 0.3) is 0 Å². The fourth-order valence-corrected chi connectivity index (χ4v) is 2.92. The lowest BCUT2D eigenvalue weighted by Gasteiger charge is -2.10. The molecule has 0 unspecified atom stereocenters. The number of rotatable bonds is 4. The van der Waals surface area contributed by atoms with Crippen LogP contribution >= 0.6 is 15.9 Å². The molecule has 0 spiro atoms. The standard InChI is InChI=1S/C20H13BrN4O2/c21-14-4-5-18-17(10-14)19(24-12-23-18)25-15-2-1-3-16(11-15)27-20(26)13-6-8-22-9-7-13/h1-12H,(H,23,24,25). The van der Waals surface area contributed by atoms with Gasteiger partial charge in [0.1, 0.15) is 17.9 Å². The van der Waals surface area contributed by atoms with Crippen LogP contribution in [-0.4, -0.2) is 20.9 Å². The SMILES string of the molecule is O=C(Oc1cccc(Nc2ncnc3ccc(Br)cc23)c1)c1ccncc1. The second kappa shape index (κ2) is 7.51. The van der Waals surface area contributed by atoms with E-state index in [0.29, 0.717) is 17.1 Å². The molecular formula is C20H13BrN4O2. The molecule has 27 heavy (non-hydrogen) atoms. The molecule has 6 nitrogen and oxygen atoms in total. The summed E-state index contributed by atoms with van der Waals surface area (Å²) in [5, 5.41) is 4.13. The predicted octanol–water partition coefficient (Wildman–Crippen LogP) is 4.75. The average molecular weight is 421 g/mol. The van der Waals surface area contributed by atoms with Crippen LogP contribution in [0.2, 0.25) is 0 Å². The third kappa shape index (κ3) is 3.93. The van der Waals surface area contributed by atoms with E-state index in [0.717, 1.165) is 21.1 Å². The highest BCUT2D eigenvalue weighted by atomic mass is 79.9. The zero-order valence-corrected chi connectivity index (χ0v) is 15.6. The van der Waals surface area contributed by atoms with Gasteiger partial charge in [0.15, 0.2) is 0 Å². The molecule has 2 aromatic heterocycles. The molecule has 1 N–H and O–H groups in total. The number of carbonyl (C=O) groups is 1. The van der Waals surface area contributed by atoms with Crippen molar-refractivity contribution in [3.8, 4) is 5.75 Å².